The van der Waals surface area contributed by atoms with E-state index in [1.54, 1.807) is 23.5 Å². The number of halogens is 1. The highest BCUT2D eigenvalue weighted by Gasteiger charge is 2.14. The fraction of sp³-hybridized carbons (Fsp3) is 0.250. The molecule has 22 heavy (non-hydrogen) atoms. The number of benzene rings is 1. The standard InChI is InChI=1S/C16H15FN2OS2/c1-3-12-9(2)22-14-13(12)15(20)19(16(21)18-14)8-10-4-6-11(17)7-5-10/h4-7H,3,8H2,1-2H3,(H,18,21). The fourth-order valence-electron chi connectivity index (χ4n) is 2.63. The monoisotopic (exact) mass is 334 g/mol. The second-order valence-corrected chi connectivity index (χ2v) is 6.75. The Hall–Kier alpha value is -1.79. The Kier molecular flexibility index (Phi) is 3.97. The van der Waals surface area contributed by atoms with Crippen LogP contribution in [0.2, 0.25) is 0 Å². The first-order valence-corrected chi connectivity index (χ1v) is 8.23. The van der Waals surface area contributed by atoms with Crippen molar-refractivity contribution in [3.63, 3.8) is 0 Å². The molecule has 0 saturated heterocycles. The van der Waals surface area contributed by atoms with Crippen LogP contribution >= 0.6 is 23.6 Å². The molecule has 0 fully saturated rings. The molecule has 0 aliphatic rings. The molecule has 3 aromatic rings. The van der Waals surface area contributed by atoms with Crippen LogP contribution in [0, 0.1) is 17.5 Å². The van der Waals surface area contributed by atoms with Gasteiger partial charge in [0.15, 0.2) is 4.77 Å². The normalized spacial score (nSPS) is 11.2. The highest BCUT2D eigenvalue weighted by molar-refractivity contribution is 7.71. The maximum atomic E-state index is 13.0. The van der Waals surface area contributed by atoms with E-state index < -0.39 is 0 Å². The Morgan fingerprint density at radius 2 is 2.00 bits per heavy atom. The molecular formula is C16H15FN2OS2. The first-order chi connectivity index (χ1) is 10.5. The van der Waals surface area contributed by atoms with E-state index >= 15 is 0 Å². The summed E-state index contributed by atoms with van der Waals surface area (Å²) in [5.74, 6) is -0.293. The summed E-state index contributed by atoms with van der Waals surface area (Å²) >= 11 is 6.88. The molecule has 0 atom stereocenters. The summed E-state index contributed by atoms with van der Waals surface area (Å²) in [6.45, 7) is 4.40. The molecule has 1 aromatic carbocycles. The van der Waals surface area contributed by atoms with Crippen molar-refractivity contribution < 1.29 is 4.39 Å². The predicted octanol–water partition coefficient (Wildman–Crippen LogP) is 4.18. The summed E-state index contributed by atoms with van der Waals surface area (Å²) in [4.78, 5) is 17.9. The van der Waals surface area contributed by atoms with Crippen molar-refractivity contribution in [2.75, 3.05) is 0 Å². The summed E-state index contributed by atoms with van der Waals surface area (Å²) in [6.07, 6.45) is 0.808. The van der Waals surface area contributed by atoms with E-state index in [1.165, 1.54) is 16.7 Å². The molecule has 0 spiro atoms. The third kappa shape index (κ3) is 2.53. The van der Waals surface area contributed by atoms with Gasteiger partial charge in [-0.15, -0.1) is 11.3 Å². The van der Waals surface area contributed by atoms with Crippen molar-refractivity contribution in [1.82, 2.24) is 9.55 Å². The van der Waals surface area contributed by atoms with Gasteiger partial charge in [-0.1, -0.05) is 19.1 Å². The number of nitrogens with zero attached hydrogens (tertiary/aromatic N) is 1. The minimum absolute atomic E-state index is 0.0794. The predicted molar refractivity (Wildman–Crippen MR) is 90.9 cm³/mol. The number of aryl methyl sites for hydroxylation is 2. The molecule has 2 heterocycles. The lowest BCUT2D eigenvalue weighted by Crippen LogP contribution is -2.23. The number of thiophene rings is 1. The SMILES string of the molecule is CCc1c(C)sc2[nH]c(=S)n(Cc3ccc(F)cc3)c(=O)c12. The molecule has 0 aliphatic heterocycles. The largest absolute Gasteiger partial charge is 0.323 e. The van der Waals surface area contributed by atoms with Gasteiger partial charge in [-0.2, -0.15) is 0 Å². The fourth-order valence-corrected chi connectivity index (χ4v) is 4.08. The highest BCUT2D eigenvalue weighted by Crippen LogP contribution is 2.27. The van der Waals surface area contributed by atoms with E-state index in [0.29, 0.717) is 11.3 Å². The minimum Gasteiger partial charge on any atom is -0.323 e. The number of rotatable bonds is 3. The number of nitrogens with one attached hydrogen (secondary N) is 1. The first-order valence-electron chi connectivity index (χ1n) is 7.00. The van der Waals surface area contributed by atoms with Gasteiger partial charge in [-0.05, 0) is 48.8 Å². The molecular weight excluding hydrogens is 319 g/mol. The number of hydrogen-bond acceptors (Lipinski definition) is 3. The van der Waals surface area contributed by atoms with Crippen molar-refractivity contribution in [3.8, 4) is 0 Å². The van der Waals surface area contributed by atoms with Crippen molar-refractivity contribution in [2.45, 2.75) is 26.8 Å². The number of hydrogen-bond donors (Lipinski definition) is 1. The van der Waals surface area contributed by atoms with Crippen LogP contribution in [0.1, 0.15) is 22.9 Å². The molecule has 6 heteroatoms. The van der Waals surface area contributed by atoms with Crippen LogP contribution < -0.4 is 5.56 Å². The van der Waals surface area contributed by atoms with Gasteiger partial charge in [0.1, 0.15) is 10.6 Å². The Morgan fingerprint density at radius 3 is 2.64 bits per heavy atom. The van der Waals surface area contributed by atoms with Gasteiger partial charge in [-0.25, -0.2) is 4.39 Å². The molecule has 1 N–H and O–H groups in total. The van der Waals surface area contributed by atoms with E-state index in [2.05, 4.69) is 4.98 Å². The molecule has 3 nitrogen and oxygen atoms in total. The van der Waals surface area contributed by atoms with Crippen LogP contribution in [0.3, 0.4) is 0 Å². The number of aromatic amines is 1. The van der Waals surface area contributed by atoms with Crippen molar-refractivity contribution >= 4 is 33.8 Å². The lowest BCUT2D eigenvalue weighted by atomic mass is 10.1. The van der Waals surface area contributed by atoms with Gasteiger partial charge < -0.3 is 4.98 Å². The van der Waals surface area contributed by atoms with E-state index in [0.717, 1.165) is 32.6 Å². The zero-order valence-corrected chi connectivity index (χ0v) is 13.9. The quantitative estimate of drug-likeness (QED) is 0.730. The maximum absolute atomic E-state index is 13.0. The van der Waals surface area contributed by atoms with E-state index in [9.17, 15) is 9.18 Å². The summed E-state index contributed by atoms with van der Waals surface area (Å²) in [5.41, 5.74) is 1.83. The molecule has 2 aromatic heterocycles. The van der Waals surface area contributed by atoms with Crippen LogP contribution in [-0.2, 0) is 13.0 Å². The van der Waals surface area contributed by atoms with Gasteiger partial charge >= 0.3 is 0 Å². The zero-order valence-electron chi connectivity index (χ0n) is 12.3. The van der Waals surface area contributed by atoms with Crippen LogP contribution in [-0.4, -0.2) is 9.55 Å². The third-order valence-electron chi connectivity index (χ3n) is 3.74. The molecule has 0 aliphatic carbocycles. The molecule has 114 valence electrons. The number of fused-ring (bicyclic) bond motifs is 1. The molecule has 0 radical (unpaired) electrons. The summed E-state index contributed by atoms with van der Waals surface area (Å²) in [5, 5.41) is 0.723. The van der Waals surface area contributed by atoms with Crippen LogP contribution in [0.4, 0.5) is 4.39 Å². The molecule has 0 saturated carbocycles. The Morgan fingerprint density at radius 1 is 1.32 bits per heavy atom. The maximum Gasteiger partial charge on any atom is 0.263 e. The van der Waals surface area contributed by atoms with Crippen molar-refractivity contribution in [3.05, 3.63) is 61.2 Å². The van der Waals surface area contributed by atoms with Gasteiger partial charge in [0, 0.05) is 4.88 Å². The Bertz CT molecular complexity index is 951. The van der Waals surface area contributed by atoms with Gasteiger partial charge in [0.2, 0.25) is 0 Å². The second kappa shape index (κ2) is 5.78. The zero-order chi connectivity index (χ0) is 15.9. The Balaban J connectivity index is 2.19. The second-order valence-electron chi connectivity index (χ2n) is 5.14. The summed E-state index contributed by atoms with van der Waals surface area (Å²) in [7, 11) is 0. The smallest absolute Gasteiger partial charge is 0.263 e. The molecule has 0 bridgehead atoms. The molecule has 3 rings (SSSR count). The first kappa shape index (κ1) is 15.1. The Labute approximate surface area is 136 Å². The average Bonchev–Trinajstić information content (AvgIpc) is 2.80. The van der Waals surface area contributed by atoms with Crippen LogP contribution in [0.5, 0.6) is 0 Å². The van der Waals surface area contributed by atoms with Crippen LogP contribution in [0.25, 0.3) is 10.2 Å². The average molecular weight is 334 g/mol. The van der Waals surface area contributed by atoms with Gasteiger partial charge in [-0.3, -0.25) is 9.36 Å². The summed E-state index contributed by atoms with van der Waals surface area (Å²) < 4.78 is 14.9. The summed E-state index contributed by atoms with van der Waals surface area (Å²) in [6, 6.07) is 6.11. The lowest BCUT2D eigenvalue weighted by molar-refractivity contribution is 0.625. The third-order valence-corrected chi connectivity index (χ3v) is 5.13. The number of aromatic nitrogens is 2. The van der Waals surface area contributed by atoms with Crippen LogP contribution in [0.15, 0.2) is 29.1 Å². The van der Waals surface area contributed by atoms with Crippen molar-refractivity contribution in [2.24, 2.45) is 0 Å². The molecule has 0 unspecified atom stereocenters. The van der Waals surface area contributed by atoms with Crippen molar-refractivity contribution in [1.29, 1.82) is 0 Å². The van der Waals surface area contributed by atoms with E-state index in [1.807, 2.05) is 13.8 Å². The lowest BCUT2D eigenvalue weighted by Gasteiger charge is -2.07. The van der Waals surface area contributed by atoms with Gasteiger partial charge in [0.05, 0.1) is 11.9 Å². The minimum atomic E-state index is -0.293. The van der Waals surface area contributed by atoms with Gasteiger partial charge in [0.25, 0.3) is 5.56 Å². The highest BCUT2D eigenvalue weighted by atomic mass is 32.1. The van der Waals surface area contributed by atoms with E-state index in [-0.39, 0.29) is 11.4 Å². The topological polar surface area (TPSA) is 37.8 Å². The van der Waals surface area contributed by atoms with E-state index in [4.69, 9.17) is 12.2 Å². The number of H-pyrrole nitrogens is 1. The molecule has 0 amide bonds.